The fourth-order valence-corrected chi connectivity index (χ4v) is 4.47. The van der Waals surface area contributed by atoms with Crippen LogP contribution in [0.3, 0.4) is 0 Å². The molecule has 7 heteroatoms. The van der Waals surface area contributed by atoms with E-state index in [1.807, 2.05) is 46.8 Å². The molecule has 6 nitrogen and oxygen atoms in total. The summed E-state index contributed by atoms with van der Waals surface area (Å²) in [6.07, 6.45) is 2.24. The van der Waals surface area contributed by atoms with E-state index in [-0.39, 0.29) is 12.0 Å². The average molecular weight is 453 g/mol. The number of halogens is 1. The summed E-state index contributed by atoms with van der Waals surface area (Å²) < 4.78 is 5.45. The third-order valence-electron chi connectivity index (χ3n) is 5.58. The highest BCUT2D eigenvalue weighted by Crippen LogP contribution is 2.38. The summed E-state index contributed by atoms with van der Waals surface area (Å²) in [4.78, 5) is 29.4. The highest BCUT2D eigenvalue weighted by atomic mass is 35.5. The van der Waals surface area contributed by atoms with Gasteiger partial charge in [0, 0.05) is 31.2 Å². The van der Waals surface area contributed by atoms with Gasteiger partial charge in [-0.15, -0.1) is 0 Å². The topological polar surface area (TPSA) is 70.1 Å². The van der Waals surface area contributed by atoms with Crippen LogP contribution in [0.2, 0.25) is 5.02 Å². The minimum atomic E-state index is -1.15. The lowest BCUT2D eigenvalue weighted by atomic mass is 9.75. The van der Waals surface area contributed by atoms with Crippen molar-refractivity contribution < 1.29 is 19.4 Å². The van der Waals surface area contributed by atoms with E-state index >= 15 is 0 Å². The zero-order valence-corrected chi connectivity index (χ0v) is 20.2. The number of rotatable bonds is 7. The molecule has 0 radical (unpaired) electrons. The predicted octanol–water partition coefficient (Wildman–Crippen LogP) is 4.83. The number of ether oxygens (including phenoxy) is 1. The Kier molecular flexibility index (Phi) is 8.78. The van der Waals surface area contributed by atoms with Crippen LogP contribution in [-0.2, 0) is 9.53 Å². The van der Waals surface area contributed by atoms with Gasteiger partial charge in [-0.2, -0.15) is 0 Å². The Bertz CT molecular complexity index is 748. The number of aliphatic hydroxyl groups is 1. The summed E-state index contributed by atoms with van der Waals surface area (Å²) in [5, 5.41) is 12.2. The normalized spacial score (nSPS) is 16.2. The van der Waals surface area contributed by atoms with Gasteiger partial charge in [-0.05, 0) is 51.3 Å². The van der Waals surface area contributed by atoms with E-state index < -0.39 is 17.1 Å². The highest BCUT2D eigenvalue weighted by molar-refractivity contribution is 6.30. The van der Waals surface area contributed by atoms with Gasteiger partial charge >= 0.3 is 6.09 Å². The largest absolute Gasteiger partial charge is 0.444 e. The molecule has 0 bridgehead atoms. The number of carbonyl (C=O) groups is 2. The van der Waals surface area contributed by atoms with E-state index in [1.54, 1.807) is 21.9 Å². The van der Waals surface area contributed by atoms with Gasteiger partial charge in [-0.1, -0.05) is 50.4 Å². The maximum absolute atomic E-state index is 13.7. The van der Waals surface area contributed by atoms with Gasteiger partial charge in [-0.25, -0.2) is 4.79 Å². The first-order valence-corrected chi connectivity index (χ1v) is 11.6. The molecule has 1 atom stereocenters. The Morgan fingerprint density at radius 2 is 1.61 bits per heavy atom. The van der Waals surface area contributed by atoms with Gasteiger partial charge in [-0.3, -0.25) is 4.79 Å². The van der Waals surface area contributed by atoms with Crippen molar-refractivity contribution in [1.29, 1.82) is 0 Å². The summed E-state index contributed by atoms with van der Waals surface area (Å²) in [5.74, 6) is -0.810. The van der Waals surface area contributed by atoms with E-state index in [4.69, 9.17) is 16.3 Å². The summed E-state index contributed by atoms with van der Waals surface area (Å²) in [7, 11) is 0. The van der Waals surface area contributed by atoms with Crippen LogP contribution >= 0.6 is 11.6 Å². The van der Waals surface area contributed by atoms with Crippen LogP contribution in [-0.4, -0.2) is 64.3 Å². The van der Waals surface area contributed by atoms with E-state index in [1.165, 1.54) is 0 Å². The molecule has 1 fully saturated rings. The second-order valence-corrected chi connectivity index (χ2v) is 9.82. The standard InChI is InChI=1S/C24H37ClN2O4/c1-6-11-24(30,12-7-2)20(18-9-8-10-19(25)17-18)21(28)26-13-15-27(16-14-26)22(29)31-23(3,4)5/h8-10,17,20,30H,6-7,11-16H2,1-5H3. The number of nitrogens with zero attached hydrogens (tertiary/aromatic N) is 2. The molecule has 1 aliphatic rings. The first-order valence-electron chi connectivity index (χ1n) is 11.2. The van der Waals surface area contributed by atoms with Gasteiger partial charge in [0.05, 0.1) is 11.5 Å². The molecule has 0 aliphatic carbocycles. The Morgan fingerprint density at radius 3 is 2.10 bits per heavy atom. The fraction of sp³-hybridized carbons (Fsp3) is 0.667. The Morgan fingerprint density at radius 1 is 1.06 bits per heavy atom. The molecule has 1 unspecified atom stereocenters. The van der Waals surface area contributed by atoms with Crippen molar-refractivity contribution in [3.05, 3.63) is 34.9 Å². The van der Waals surface area contributed by atoms with Crippen LogP contribution < -0.4 is 0 Å². The van der Waals surface area contributed by atoms with Crippen LogP contribution in [0.1, 0.15) is 71.8 Å². The number of hydrogen-bond donors (Lipinski definition) is 1. The van der Waals surface area contributed by atoms with Gasteiger partial charge in [0.25, 0.3) is 0 Å². The van der Waals surface area contributed by atoms with E-state index in [0.29, 0.717) is 44.0 Å². The summed E-state index contributed by atoms with van der Waals surface area (Å²) in [6, 6.07) is 7.22. The second kappa shape index (κ2) is 10.7. The van der Waals surface area contributed by atoms with Gasteiger partial charge in [0.2, 0.25) is 5.91 Å². The van der Waals surface area contributed by atoms with Crippen molar-refractivity contribution in [2.24, 2.45) is 0 Å². The molecule has 1 N–H and O–H groups in total. The van der Waals surface area contributed by atoms with Gasteiger partial charge < -0.3 is 19.6 Å². The molecule has 1 heterocycles. The molecule has 0 aromatic heterocycles. The first kappa shape index (κ1) is 25.5. The first-order chi connectivity index (χ1) is 14.5. The molecular weight excluding hydrogens is 416 g/mol. The molecule has 0 saturated carbocycles. The van der Waals surface area contributed by atoms with Gasteiger partial charge in [0.15, 0.2) is 0 Å². The summed E-state index contributed by atoms with van der Waals surface area (Å²) >= 11 is 6.23. The average Bonchev–Trinajstić information content (AvgIpc) is 2.67. The van der Waals surface area contributed by atoms with Crippen LogP contribution in [0.4, 0.5) is 4.79 Å². The SMILES string of the molecule is CCCC(O)(CCC)C(C(=O)N1CCN(C(=O)OC(C)(C)C)CC1)c1cccc(Cl)c1. The zero-order valence-electron chi connectivity index (χ0n) is 19.5. The van der Waals surface area contributed by atoms with Crippen molar-refractivity contribution in [1.82, 2.24) is 9.80 Å². The smallest absolute Gasteiger partial charge is 0.410 e. The minimum Gasteiger partial charge on any atom is -0.444 e. The third kappa shape index (κ3) is 6.84. The summed E-state index contributed by atoms with van der Waals surface area (Å²) in [6.45, 7) is 11.2. The molecular formula is C24H37ClN2O4. The van der Waals surface area contributed by atoms with Crippen LogP contribution in [0.5, 0.6) is 0 Å². The van der Waals surface area contributed by atoms with E-state index in [9.17, 15) is 14.7 Å². The number of piperazine rings is 1. The van der Waals surface area contributed by atoms with Crippen molar-refractivity contribution in [2.45, 2.75) is 77.4 Å². The molecule has 1 aromatic carbocycles. The number of hydrogen-bond acceptors (Lipinski definition) is 4. The lowest BCUT2D eigenvalue weighted by Crippen LogP contribution is -2.55. The molecule has 1 saturated heterocycles. The van der Waals surface area contributed by atoms with Crippen molar-refractivity contribution in [3.63, 3.8) is 0 Å². The second-order valence-electron chi connectivity index (χ2n) is 9.38. The lowest BCUT2D eigenvalue weighted by molar-refractivity contribution is -0.142. The third-order valence-corrected chi connectivity index (χ3v) is 5.81. The van der Waals surface area contributed by atoms with Crippen molar-refractivity contribution in [3.8, 4) is 0 Å². The predicted molar refractivity (Wildman–Crippen MR) is 123 cm³/mol. The Labute approximate surface area is 191 Å². The summed E-state index contributed by atoms with van der Waals surface area (Å²) in [5.41, 5.74) is -0.969. The maximum atomic E-state index is 13.7. The van der Waals surface area contributed by atoms with Crippen molar-refractivity contribution >= 4 is 23.6 Å². The number of benzene rings is 1. The fourth-order valence-electron chi connectivity index (χ4n) is 4.27. The van der Waals surface area contributed by atoms with Crippen LogP contribution in [0.15, 0.2) is 24.3 Å². The van der Waals surface area contributed by atoms with Crippen molar-refractivity contribution in [2.75, 3.05) is 26.2 Å². The monoisotopic (exact) mass is 452 g/mol. The number of amides is 2. The lowest BCUT2D eigenvalue weighted by Gasteiger charge is -2.41. The molecule has 174 valence electrons. The maximum Gasteiger partial charge on any atom is 0.410 e. The molecule has 1 aliphatic heterocycles. The zero-order chi connectivity index (χ0) is 23.2. The molecule has 1 aromatic rings. The molecule has 31 heavy (non-hydrogen) atoms. The van der Waals surface area contributed by atoms with Crippen LogP contribution in [0.25, 0.3) is 0 Å². The van der Waals surface area contributed by atoms with Crippen LogP contribution in [0, 0.1) is 0 Å². The Hall–Kier alpha value is -1.79. The molecule has 2 rings (SSSR count). The van der Waals surface area contributed by atoms with Gasteiger partial charge in [0.1, 0.15) is 5.60 Å². The molecule has 0 spiro atoms. The quantitative estimate of drug-likeness (QED) is 0.642. The molecule has 2 amide bonds. The minimum absolute atomic E-state index is 0.115. The van der Waals surface area contributed by atoms with E-state index in [0.717, 1.165) is 18.4 Å². The Balaban J connectivity index is 2.23. The highest BCUT2D eigenvalue weighted by Gasteiger charge is 2.43. The number of carbonyl (C=O) groups excluding carboxylic acids is 2. The van der Waals surface area contributed by atoms with E-state index in [2.05, 4.69) is 0 Å².